The first-order valence-corrected chi connectivity index (χ1v) is 9.32. The molecule has 0 saturated heterocycles. The van der Waals surface area contributed by atoms with E-state index in [2.05, 4.69) is 0 Å². The van der Waals surface area contributed by atoms with Gasteiger partial charge in [-0.2, -0.15) is 0 Å². The number of carbonyl (C=O) groups excluding carboxylic acids is 1. The van der Waals surface area contributed by atoms with E-state index in [1.165, 1.54) is 6.42 Å². The van der Waals surface area contributed by atoms with Crippen molar-refractivity contribution < 1.29 is 24.2 Å². The van der Waals surface area contributed by atoms with Crippen molar-refractivity contribution in [1.82, 2.24) is 4.90 Å². The van der Waals surface area contributed by atoms with Crippen LogP contribution in [-0.2, 0) is 16.0 Å². The van der Waals surface area contributed by atoms with Crippen LogP contribution in [0.4, 0.5) is 0 Å². The van der Waals surface area contributed by atoms with Gasteiger partial charge in [0, 0.05) is 12.5 Å². The van der Waals surface area contributed by atoms with Gasteiger partial charge in [0.25, 0.3) is 0 Å². The second-order valence-corrected chi connectivity index (χ2v) is 7.14. The highest BCUT2D eigenvalue weighted by Gasteiger charge is 2.36. The first kappa shape index (κ1) is 18.5. The maximum Gasteiger partial charge on any atom is 0.305 e. The van der Waals surface area contributed by atoms with Gasteiger partial charge < -0.3 is 19.5 Å². The monoisotopic (exact) mass is 361 g/mol. The van der Waals surface area contributed by atoms with Crippen LogP contribution in [0.15, 0.2) is 12.1 Å². The standard InChI is InChI=1S/C20H27NO5/c1-25-17-10-14-8-9-21(20(24)13-6-4-3-5-7-13)16(12-19(22)23)15(14)11-18(17)26-2/h10-11,13,16H,3-9,12H2,1-2H3,(H,22,23). The summed E-state index contributed by atoms with van der Waals surface area (Å²) in [5.74, 6) is 0.429. The van der Waals surface area contributed by atoms with E-state index in [4.69, 9.17) is 9.47 Å². The molecule has 1 N–H and O–H groups in total. The highest BCUT2D eigenvalue weighted by Crippen LogP contribution is 2.40. The third kappa shape index (κ3) is 3.64. The number of carboxylic acid groups (broad SMARTS) is 1. The predicted octanol–water partition coefficient (Wildman–Crippen LogP) is 3.18. The number of hydrogen-bond donors (Lipinski definition) is 1. The van der Waals surface area contributed by atoms with E-state index in [1.807, 2.05) is 12.1 Å². The van der Waals surface area contributed by atoms with Gasteiger partial charge in [-0.25, -0.2) is 0 Å². The van der Waals surface area contributed by atoms with Crippen LogP contribution in [-0.4, -0.2) is 42.6 Å². The largest absolute Gasteiger partial charge is 0.493 e. The number of aliphatic carboxylic acids is 1. The number of ether oxygens (including phenoxy) is 2. The zero-order valence-electron chi connectivity index (χ0n) is 15.5. The van der Waals surface area contributed by atoms with Crippen molar-refractivity contribution in [1.29, 1.82) is 0 Å². The Balaban J connectivity index is 1.95. The molecular formula is C20H27NO5. The molecule has 1 atom stereocenters. The maximum atomic E-state index is 13.1. The average molecular weight is 361 g/mol. The highest BCUT2D eigenvalue weighted by atomic mass is 16.5. The first-order valence-electron chi connectivity index (χ1n) is 9.32. The molecule has 1 heterocycles. The Morgan fingerprint density at radius 2 is 1.77 bits per heavy atom. The van der Waals surface area contributed by atoms with Gasteiger partial charge in [-0.15, -0.1) is 0 Å². The summed E-state index contributed by atoms with van der Waals surface area (Å²) in [5, 5.41) is 9.43. The first-order chi connectivity index (χ1) is 12.5. The molecule has 1 saturated carbocycles. The number of fused-ring (bicyclic) bond motifs is 1. The van der Waals surface area contributed by atoms with Crippen molar-refractivity contribution in [2.75, 3.05) is 20.8 Å². The van der Waals surface area contributed by atoms with Crippen molar-refractivity contribution in [3.05, 3.63) is 23.3 Å². The SMILES string of the molecule is COc1cc2c(cc1OC)C(CC(=O)O)N(C(=O)C1CCCCC1)CC2. The smallest absolute Gasteiger partial charge is 0.305 e. The molecule has 26 heavy (non-hydrogen) atoms. The van der Waals surface area contributed by atoms with Crippen molar-refractivity contribution >= 4 is 11.9 Å². The third-order valence-corrected chi connectivity index (χ3v) is 5.61. The van der Waals surface area contributed by atoms with E-state index >= 15 is 0 Å². The molecule has 0 bridgehead atoms. The molecule has 2 aliphatic rings. The van der Waals surface area contributed by atoms with Crippen molar-refractivity contribution in [3.63, 3.8) is 0 Å². The minimum absolute atomic E-state index is 0.0294. The molecule has 1 unspecified atom stereocenters. The predicted molar refractivity (Wildman–Crippen MR) is 96.5 cm³/mol. The number of benzene rings is 1. The molecule has 1 aliphatic heterocycles. The zero-order valence-corrected chi connectivity index (χ0v) is 15.5. The minimum atomic E-state index is -0.904. The Kier molecular flexibility index (Phi) is 5.69. The number of carboxylic acids is 1. The Bertz CT molecular complexity index is 681. The average Bonchev–Trinajstić information content (AvgIpc) is 2.67. The molecule has 6 nitrogen and oxygen atoms in total. The lowest BCUT2D eigenvalue weighted by Crippen LogP contribution is -2.44. The Hall–Kier alpha value is -2.24. The molecule has 1 amide bonds. The molecule has 6 heteroatoms. The van der Waals surface area contributed by atoms with Crippen LogP contribution in [0, 0.1) is 5.92 Å². The van der Waals surface area contributed by atoms with Crippen LogP contribution in [0.25, 0.3) is 0 Å². The molecule has 1 aromatic rings. The van der Waals surface area contributed by atoms with Gasteiger partial charge >= 0.3 is 5.97 Å². The summed E-state index contributed by atoms with van der Waals surface area (Å²) in [6, 6.07) is 3.29. The molecule has 1 fully saturated rings. The van der Waals surface area contributed by atoms with Gasteiger partial charge in [0.2, 0.25) is 5.91 Å². The Labute approximate surface area is 154 Å². The van der Waals surface area contributed by atoms with E-state index in [9.17, 15) is 14.7 Å². The summed E-state index contributed by atoms with van der Waals surface area (Å²) in [5.41, 5.74) is 1.89. The molecular weight excluding hydrogens is 334 g/mol. The number of nitrogens with zero attached hydrogens (tertiary/aromatic N) is 1. The van der Waals surface area contributed by atoms with Gasteiger partial charge in [0.15, 0.2) is 11.5 Å². The summed E-state index contributed by atoms with van der Waals surface area (Å²) in [6.07, 6.45) is 5.76. The second-order valence-electron chi connectivity index (χ2n) is 7.14. The molecule has 3 rings (SSSR count). The number of hydrogen-bond acceptors (Lipinski definition) is 4. The fourth-order valence-electron chi connectivity index (χ4n) is 4.26. The molecule has 1 aromatic carbocycles. The number of methoxy groups -OCH3 is 2. The van der Waals surface area contributed by atoms with E-state index in [0.717, 1.165) is 36.8 Å². The van der Waals surface area contributed by atoms with Crippen molar-refractivity contribution in [3.8, 4) is 11.5 Å². The lowest BCUT2D eigenvalue weighted by molar-refractivity contribution is -0.144. The summed E-state index contributed by atoms with van der Waals surface area (Å²) in [6.45, 7) is 0.551. The van der Waals surface area contributed by atoms with Crippen LogP contribution in [0.3, 0.4) is 0 Å². The summed E-state index contributed by atoms with van der Waals surface area (Å²) < 4.78 is 10.8. The molecule has 1 aliphatic carbocycles. The molecule has 0 aromatic heterocycles. The summed E-state index contributed by atoms with van der Waals surface area (Å²) in [7, 11) is 3.14. The van der Waals surface area contributed by atoms with E-state index in [-0.39, 0.29) is 18.2 Å². The fourth-order valence-corrected chi connectivity index (χ4v) is 4.26. The van der Waals surface area contributed by atoms with Gasteiger partial charge in [0.05, 0.1) is 26.7 Å². The topological polar surface area (TPSA) is 76.1 Å². The molecule has 0 radical (unpaired) electrons. The number of carbonyl (C=O) groups is 2. The number of amides is 1. The molecule has 0 spiro atoms. The van der Waals surface area contributed by atoms with Crippen LogP contribution < -0.4 is 9.47 Å². The van der Waals surface area contributed by atoms with Crippen LogP contribution in [0.1, 0.15) is 55.7 Å². The van der Waals surface area contributed by atoms with Gasteiger partial charge in [0.1, 0.15) is 0 Å². The summed E-state index contributed by atoms with van der Waals surface area (Å²) in [4.78, 5) is 26.4. The van der Waals surface area contributed by atoms with E-state index in [0.29, 0.717) is 24.5 Å². The van der Waals surface area contributed by atoms with Crippen LogP contribution >= 0.6 is 0 Å². The van der Waals surface area contributed by atoms with Crippen molar-refractivity contribution in [2.24, 2.45) is 5.92 Å². The van der Waals surface area contributed by atoms with E-state index in [1.54, 1.807) is 19.1 Å². The Morgan fingerprint density at radius 3 is 2.38 bits per heavy atom. The third-order valence-electron chi connectivity index (χ3n) is 5.61. The van der Waals surface area contributed by atoms with Crippen molar-refractivity contribution in [2.45, 2.75) is 51.0 Å². The Morgan fingerprint density at radius 1 is 1.12 bits per heavy atom. The maximum absolute atomic E-state index is 13.1. The molecule has 142 valence electrons. The van der Waals surface area contributed by atoms with Gasteiger partial charge in [-0.3, -0.25) is 9.59 Å². The lowest BCUT2D eigenvalue weighted by Gasteiger charge is -2.39. The zero-order chi connectivity index (χ0) is 18.7. The van der Waals surface area contributed by atoms with Gasteiger partial charge in [-0.05, 0) is 42.5 Å². The van der Waals surface area contributed by atoms with Crippen LogP contribution in [0.2, 0.25) is 0 Å². The minimum Gasteiger partial charge on any atom is -0.493 e. The fraction of sp³-hybridized carbons (Fsp3) is 0.600. The highest BCUT2D eigenvalue weighted by molar-refractivity contribution is 5.81. The van der Waals surface area contributed by atoms with Gasteiger partial charge in [-0.1, -0.05) is 19.3 Å². The quantitative estimate of drug-likeness (QED) is 0.872. The summed E-state index contributed by atoms with van der Waals surface area (Å²) >= 11 is 0. The number of rotatable bonds is 5. The van der Waals surface area contributed by atoms with Crippen LogP contribution in [0.5, 0.6) is 11.5 Å². The normalized spacial score (nSPS) is 20.4. The van der Waals surface area contributed by atoms with E-state index < -0.39 is 12.0 Å². The lowest BCUT2D eigenvalue weighted by atomic mass is 9.85. The second kappa shape index (κ2) is 7.98.